The fourth-order valence-corrected chi connectivity index (χ4v) is 1.05. The molecule has 1 aliphatic heterocycles. The largest absolute Gasteiger partial charge is 0.290 e. The molecule has 0 N–H and O–H groups in total. The van der Waals surface area contributed by atoms with Crippen molar-refractivity contribution in [1.29, 1.82) is 0 Å². The highest BCUT2D eigenvalue weighted by Crippen LogP contribution is 2.11. The number of dihydropyridines is 1. The van der Waals surface area contributed by atoms with Gasteiger partial charge < -0.3 is 0 Å². The van der Waals surface area contributed by atoms with Crippen LogP contribution in [0.1, 0.15) is 26.7 Å². The summed E-state index contributed by atoms with van der Waals surface area (Å²) in [5, 5.41) is 0. The van der Waals surface area contributed by atoms with E-state index in [1.54, 1.807) is 0 Å². The Labute approximate surface area is 56.5 Å². The van der Waals surface area contributed by atoms with Crippen molar-refractivity contribution in [2.45, 2.75) is 32.7 Å². The average molecular weight is 123 g/mol. The third-order valence-corrected chi connectivity index (χ3v) is 1.63. The molecule has 0 aromatic carbocycles. The predicted octanol–water partition coefficient (Wildman–Crippen LogP) is 2.19. The Balaban J connectivity index is 2.55. The lowest BCUT2D eigenvalue weighted by Gasteiger charge is -2.09. The first-order valence-electron chi connectivity index (χ1n) is 3.54. The Hall–Kier alpha value is -0.590. The number of hydrogen-bond acceptors (Lipinski definition) is 1. The maximum absolute atomic E-state index is 4.23. The van der Waals surface area contributed by atoms with Crippen LogP contribution in [0, 0.1) is 0 Å². The van der Waals surface area contributed by atoms with Crippen LogP contribution in [0.25, 0.3) is 0 Å². The standard InChI is InChI=1S/C8H13N/c1-3-8-4-5-9-7(2)6-8/h5-7H,3-4H2,1-2H3/t7-/m0/s1. The fourth-order valence-electron chi connectivity index (χ4n) is 1.05. The van der Waals surface area contributed by atoms with E-state index in [0.717, 1.165) is 6.42 Å². The smallest absolute Gasteiger partial charge is 0.0650 e. The second-order valence-electron chi connectivity index (χ2n) is 2.45. The van der Waals surface area contributed by atoms with Crippen LogP contribution in [0.3, 0.4) is 0 Å². The molecule has 1 heteroatoms. The van der Waals surface area contributed by atoms with Gasteiger partial charge in [0.15, 0.2) is 0 Å². The molecule has 1 rings (SSSR count). The van der Waals surface area contributed by atoms with Crippen molar-refractivity contribution < 1.29 is 0 Å². The van der Waals surface area contributed by atoms with E-state index in [1.165, 1.54) is 12.0 Å². The first-order chi connectivity index (χ1) is 4.33. The molecular formula is C8H13N. The van der Waals surface area contributed by atoms with Gasteiger partial charge in [-0.1, -0.05) is 18.6 Å². The zero-order valence-electron chi connectivity index (χ0n) is 6.09. The maximum Gasteiger partial charge on any atom is 0.0650 e. The first kappa shape index (κ1) is 6.53. The number of hydrogen-bond donors (Lipinski definition) is 0. The van der Waals surface area contributed by atoms with Gasteiger partial charge in [-0.2, -0.15) is 0 Å². The van der Waals surface area contributed by atoms with Crippen molar-refractivity contribution in [2.24, 2.45) is 4.99 Å². The second-order valence-corrected chi connectivity index (χ2v) is 2.45. The summed E-state index contributed by atoms with van der Waals surface area (Å²) in [5.74, 6) is 0. The van der Waals surface area contributed by atoms with Crippen molar-refractivity contribution in [3.63, 3.8) is 0 Å². The van der Waals surface area contributed by atoms with Crippen LogP contribution in [-0.4, -0.2) is 12.3 Å². The lowest BCUT2D eigenvalue weighted by Crippen LogP contribution is -2.01. The molecule has 0 fully saturated rings. The molecule has 0 aromatic rings. The van der Waals surface area contributed by atoms with Crippen molar-refractivity contribution in [3.05, 3.63) is 11.6 Å². The van der Waals surface area contributed by atoms with E-state index in [0.29, 0.717) is 6.04 Å². The highest BCUT2D eigenvalue weighted by Gasteiger charge is 2.00. The van der Waals surface area contributed by atoms with Crippen LogP contribution >= 0.6 is 0 Å². The van der Waals surface area contributed by atoms with Gasteiger partial charge in [0.1, 0.15) is 0 Å². The van der Waals surface area contributed by atoms with Crippen molar-refractivity contribution >= 4 is 6.21 Å². The van der Waals surface area contributed by atoms with E-state index in [-0.39, 0.29) is 0 Å². The van der Waals surface area contributed by atoms with Crippen LogP contribution in [0.15, 0.2) is 16.6 Å². The topological polar surface area (TPSA) is 12.4 Å². The van der Waals surface area contributed by atoms with E-state index in [9.17, 15) is 0 Å². The van der Waals surface area contributed by atoms with Gasteiger partial charge in [-0.05, 0) is 13.3 Å². The summed E-state index contributed by atoms with van der Waals surface area (Å²) in [5.41, 5.74) is 1.53. The molecule has 0 saturated heterocycles. The Bertz CT molecular complexity index is 145. The van der Waals surface area contributed by atoms with Gasteiger partial charge in [-0.3, -0.25) is 4.99 Å². The normalized spacial score (nSPS) is 26.0. The molecule has 1 heterocycles. The van der Waals surface area contributed by atoms with Gasteiger partial charge in [-0.15, -0.1) is 0 Å². The highest BCUT2D eigenvalue weighted by molar-refractivity contribution is 5.63. The molecule has 1 aliphatic rings. The SMILES string of the molecule is CCC1=C[C@H](C)N=CC1. The zero-order valence-corrected chi connectivity index (χ0v) is 6.09. The summed E-state index contributed by atoms with van der Waals surface area (Å²) in [6.45, 7) is 4.31. The third-order valence-electron chi connectivity index (χ3n) is 1.63. The molecule has 1 nitrogen and oxygen atoms in total. The maximum atomic E-state index is 4.23. The monoisotopic (exact) mass is 123 g/mol. The van der Waals surface area contributed by atoms with E-state index in [4.69, 9.17) is 0 Å². The minimum Gasteiger partial charge on any atom is -0.290 e. The number of nitrogens with zero attached hydrogens (tertiary/aromatic N) is 1. The van der Waals surface area contributed by atoms with Gasteiger partial charge in [0.25, 0.3) is 0 Å². The van der Waals surface area contributed by atoms with Gasteiger partial charge in [0, 0.05) is 12.6 Å². The van der Waals surface area contributed by atoms with Gasteiger partial charge in [0.05, 0.1) is 6.04 Å². The number of allylic oxidation sites excluding steroid dienone is 1. The van der Waals surface area contributed by atoms with Crippen LogP contribution < -0.4 is 0 Å². The lowest BCUT2D eigenvalue weighted by molar-refractivity contribution is 0.870. The van der Waals surface area contributed by atoms with Gasteiger partial charge in [0.2, 0.25) is 0 Å². The molecule has 0 unspecified atom stereocenters. The minimum absolute atomic E-state index is 0.425. The Kier molecular flexibility index (Phi) is 2.04. The molecule has 0 amide bonds. The van der Waals surface area contributed by atoms with Crippen LogP contribution in [0.2, 0.25) is 0 Å². The van der Waals surface area contributed by atoms with E-state index >= 15 is 0 Å². The summed E-state index contributed by atoms with van der Waals surface area (Å²) in [6, 6.07) is 0.425. The third kappa shape index (κ3) is 1.67. The van der Waals surface area contributed by atoms with Gasteiger partial charge in [-0.25, -0.2) is 0 Å². The Morgan fingerprint density at radius 3 is 3.00 bits per heavy atom. The van der Waals surface area contributed by atoms with Crippen LogP contribution in [0.4, 0.5) is 0 Å². The zero-order chi connectivity index (χ0) is 6.69. The first-order valence-corrected chi connectivity index (χ1v) is 3.54. The number of aliphatic imine (C=N–C) groups is 1. The van der Waals surface area contributed by atoms with Crippen molar-refractivity contribution in [3.8, 4) is 0 Å². The predicted molar refractivity (Wildman–Crippen MR) is 40.9 cm³/mol. The van der Waals surface area contributed by atoms with E-state index < -0.39 is 0 Å². The lowest BCUT2D eigenvalue weighted by atomic mass is 10.1. The molecule has 0 radical (unpaired) electrons. The van der Waals surface area contributed by atoms with Crippen LogP contribution in [-0.2, 0) is 0 Å². The molecule has 9 heavy (non-hydrogen) atoms. The highest BCUT2D eigenvalue weighted by atomic mass is 14.8. The molecule has 50 valence electrons. The van der Waals surface area contributed by atoms with Crippen LogP contribution in [0.5, 0.6) is 0 Å². The molecule has 0 bridgehead atoms. The minimum atomic E-state index is 0.425. The fraction of sp³-hybridized carbons (Fsp3) is 0.625. The second kappa shape index (κ2) is 2.81. The summed E-state index contributed by atoms with van der Waals surface area (Å²) < 4.78 is 0. The summed E-state index contributed by atoms with van der Waals surface area (Å²) in [4.78, 5) is 4.23. The molecule has 0 saturated carbocycles. The molecule has 0 aliphatic carbocycles. The average Bonchev–Trinajstić information content (AvgIpc) is 1.88. The summed E-state index contributed by atoms with van der Waals surface area (Å²) in [6.07, 6.45) is 6.51. The molecule has 0 aromatic heterocycles. The van der Waals surface area contributed by atoms with Crippen molar-refractivity contribution in [2.75, 3.05) is 0 Å². The van der Waals surface area contributed by atoms with Gasteiger partial charge >= 0.3 is 0 Å². The Morgan fingerprint density at radius 2 is 2.56 bits per heavy atom. The Morgan fingerprint density at radius 1 is 1.78 bits per heavy atom. The molecule has 0 spiro atoms. The summed E-state index contributed by atoms with van der Waals surface area (Å²) >= 11 is 0. The van der Waals surface area contributed by atoms with E-state index in [1.807, 2.05) is 6.21 Å². The summed E-state index contributed by atoms with van der Waals surface area (Å²) in [7, 11) is 0. The molecular weight excluding hydrogens is 110 g/mol. The van der Waals surface area contributed by atoms with Crippen molar-refractivity contribution in [1.82, 2.24) is 0 Å². The van der Waals surface area contributed by atoms with E-state index in [2.05, 4.69) is 24.9 Å². The quantitative estimate of drug-likeness (QED) is 0.474. The molecule has 1 atom stereocenters. The number of rotatable bonds is 1.